The molecule has 14 heteroatoms. The predicted octanol–water partition coefficient (Wildman–Crippen LogP) is 2.67. The summed E-state index contributed by atoms with van der Waals surface area (Å²) < 4.78 is 29.1. The van der Waals surface area contributed by atoms with E-state index < -0.39 is 4.92 Å². The lowest BCUT2D eigenvalue weighted by atomic mass is 10.1. The highest BCUT2D eigenvalue weighted by atomic mass is 19.1. The Morgan fingerprint density at radius 3 is 2.51 bits per heavy atom. The first-order valence-corrected chi connectivity index (χ1v) is 10.5. The molecular formula is C21H19FN8O5. The van der Waals surface area contributed by atoms with Gasteiger partial charge in [-0.15, -0.1) is 0 Å². The van der Waals surface area contributed by atoms with Gasteiger partial charge in [0.15, 0.2) is 11.5 Å². The number of hydrazone groups is 1. The number of morpholine rings is 1. The Labute approximate surface area is 197 Å². The SMILES string of the molecule is O=[N+]([O-])c1cc2c(cc1/C=N/Nc1nc(Nc3ccc(F)cc3)nc(N3CCOCC3)n1)OCO2. The van der Waals surface area contributed by atoms with Gasteiger partial charge >= 0.3 is 0 Å². The first-order valence-electron chi connectivity index (χ1n) is 10.5. The Morgan fingerprint density at radius 2 is 1.77 bits per heavy atom. The van der Waals surface area contributed by atoms with E-state index in [9.17, 15) is 14.5 Å². The normalized spacial score (nSPS) is 14.8. The van der Waals surface area contributed by atoms with E-state index in [1.165, 1.54) is 30.5 Å². The zero-order valence-electron chi connectivity index (χ0n) is 18.2. The van der Waals surface area contributed by atoms with Crippen molar-refractivity contribution in [2.24, 2.45) is 5.10 Å². The van der Waals surface area contributed by atoms with E-state index in [-0.39, 0.29) is 35.8 Å². The summed E-state index contributed by atoms with van der Waals surface area (Å²) in [5.74, 6) is 1.02. The van der Waals surface area contributed by atoms with Gasteiger partial charge in [-0.2, -0.15) is 20.1 Å². The molecule has 0 bridgehead atoms. The van der Waals surface area contributed by atoms with E-state index in [0.29, 0.717) is 49.4 Å². The van der Waals surface area contributed by atoms with E-state index in [2.05, 4.69) is 30.8 Å². The van der Waals surface area contributed by atoms with Gasteiger partial charge in [0.2, 0.25) is 24.6 Å². The van der Waals surface area contributed by atoms with Crippen LogP contribution < -0.4 is 25.1 Å². The number of halogens is 1. The van der Waals surface area contributed by atoms with Gasteiger partial charge in [0.1, 0.15) is 5.82 Å². The van der Waals surface area contributed by atoms with Crippen LogP contribution in [0.2, 0.25) is 0 Å². The molecule has 5 rings (SSSR count). The standard InChI is InChI=1S/C21H19FN8O5/c22-14-1-3-15(4-2-14)24-19-25-20(27-21(26-19)29-5-7-33-8-6-29)28-23-11-13-9-17-18(35-12-34-17)10-16(13)30(31)32/h1-4,9-11H,5-8,12H2,(H2,24,25,26,27,28)/b23-11+. The number of nitrogens with zero attached hydrogens (tertiary/aromatic N) is 6. The van der Waals surface area contributed by atoms with Gasteiger partial charge in [-0.25, -0.2) is 9.82 Å². The van der Waals surface area contributed by atoms with Crippen molar-refractivity contribution in [3.05, 3.63) is 57.9 Å². The molecule has 0 radical (unpaired) electrons. The van der Waals surface area contributed by atoms with Crippen LogP contribution >= 0.6 is 0 Å². The van der Waals surface area contributed by atoms with Crippen LogP contribution in [0.25, 0.3) is 0 Å². The van der Waals surface area contributed by atoms with Crippen LogP contribution in [-0.2, 0) is 4.74 Å². The van der Waals surface area contributed by atoms with Gasteiger partial charge in [-0.3, -0.25) is 10.1 Å². The topological polar surface area (TPSA) is 149 Å². The minimum atomic E-state index is -0.534. The third-order valence-corrected chi connectivity index (χ3v) is 5.10. The number of nitro benzene ring substituents is 1. The molecule has 2 aliphatic rings. The molecule has 0 spiro atoms. The van der Waals surface area contributed by atoms with E-state index in [1.54, 1.807) is 12.1 Å². The van der Waals surface area contributed by atoms with Crippen LogP contribution in [0.4, 0.5) is 33.6 Å². The quantitative estimate of drug-likeness (QED) is 0.291. The van der Waals surface area contributed by atoms with Crippen molar-refractivity contribution in [3.63, 3.8) is 0 Å². The maximum absolute atomic E-state index is 13.3. The molecule has 13 nitrogen and oxygen atoms in total. The second-order valence-electron chi connectivity index (χ2n) is 7.41. The molecule has 0 unspecified atom stereocenters. The molecule has 2 aliphatic heterocycles. The Balaban J connectivity index is 1.41. The monoisotopic (exact) mass is 482 g/mol. The Kier molecular flexibility index (Phi) is 6.17. The molecule has 0 atom stereocenters. The van der Waals surface area contributed by atoms with Crippen LogP contribution in [0, 0.1) is 15.9 Å². The summed E-state index contributed by atoms with van der Waals surface area (Å²) in [6, 6.07) is 8.49. The second-order valence-corrected chi connectivity index (χ2v) is 7.41. The van der Waals surface area contributed by atoms with Gasteiger partial charge in [-0.1, -0.05) is 0 Å². The van der Waals surface area contributed by atoms with E-state index in [0.717, 1.165) is 0 Å². The molecule has 3 aromatic rings. The lowest BCUT2D eigenvalue weighted by Gasteiger charge is -2.27. The molecule has 0 saturated carbocycles. The van der Waals surface area contributed by atoms with Crippen molar-refractivity contribution in [1.29, 1.82) is 0 Å². The molecular weight excluding hydrogens is 463 g/mol. The van der Waals surface area contributed by atoms with Crippen molar-refractivity contribution < 1.29 is 23.5 Å². The number of aromatic nitrogens is 3. The largest absolute Gasteiger partial charge is 0.454 e. The molecule has 3 heterocycles. The highest BCUT2D eigenvalue weighted by molar-refractivity contribution is 5.87. The summed E-state index contributed by atoms with van der Waals surface area (Å²) in [5.41, 5.74) is 3.29. The molecule has 1 fully saturated rings. The highest BCUT2D eigenvalue weighted by Crippen LogP contribution is 2.37. The average molecular weight is 482 g/mol. The zero-order chi connectivity index (χ0) is 24.2. The minimum Gasteiger partial charge on any atom is -0.454 e. The number of nitro groups is 1. The van der Waals surface area contributed by atoms with E-state index in [4.69, 9.17) is 14.2 Å². The predicted molar refractivity (Wildman–Crippen MR) is 123 cm³/mol. The number of fused-ring (bicyclic) bond motifs is 1. The zero-order valence-corrected chi connectivity index (χ0v) is 18.2. The lowest BCUT2D eigenvalue weighted by molar-refractivity contribution is -0.385. The van der Waals surface area contributed by atoms with Crippen molar-refractivity contribution in [2.75, 3.05) is 48.7 Å². The summed E-state index contributed by atoms with van der Waals surface area (Å²) in [6.45, 7) is 2.23. The minimum absolute atomic E-state index is 0.00958. The van der Waals surface area contributed by atoms with E-state index >= 15 is 0 Å². The fraction of sp³-hybridized carbons (Fsp3) is 0.238. The molecule has 2 aromatic carbocycles. The Morgan fingerprint density at radius 1 is 1.06 bits per heavy atom. The number of rotatable bonds is 7. The van der Waals surface area contributed by atoms with Crippen LogP contribution in [0.15, 0.2) is 41.5 Å². The first-order chi connectivity index (χ1) is 17.0. The maximum atomic E-state index is 13.3. The summed E-state index contributed by atoms with van der Waals surface area (Å²) in [7, 11) is 0. The van der Waals surface area contributed by atoms with Gasteiger partial charge in [0.25, 0.3) is 5.69 Å². The van der Waals surface area contributed by atoms with Crippen molar-refractivity contribution >= 4 is 35.4 Å². The van der Waals surface area contributed by atoms with Crippen molar-refractivity contribution in [3.8, 4) is 11.5 Å². The molecule has 35 heavy (non-hydrogen) atoms. The van der Waals surface area contributed by atoms with Crippen LogP contribution in [0.3, 0.4) is 0 Å². The van der Waals surface area contributed by atoms with Crippen LogP contribution in [0.1, 0.15) is 5.56 Å². The van der Waals surface area contributed by atoms with E-state index in [1.807, 2.05) is 4.90 Å². The summed E-state index contributed by atoms with van der Waals surface area (Å²) in [4.78, 5) is 26.0. The average Bonchev–Trinajstić information content (AvgIpc) is 3.33. The van der Waals surface area contributed by atoms with Gasteiger partial charge in [0.05, 0.1) is 36.0 Å². The molecule has 1 saturated heterocycles. The number of hydrogen-bond donors (Lipinski definition) is 2. The number of benzene rings is 2. The molecule has 180 valence electrons. The number of ether oxygens (including phenoxy) is 3. The fourth-order valence-electron chi connectivity index (χ4n) is 3.41. The molecule has 2 N–H and O–H groups in total. The smallest absolute Gasteiger partial charge is 0.282 e. The van der Waals surface area contributed by atoms with Gasteiger partial charge in [-0.05, 0) is 30.3 Å². The Bertz CT molecular complexity index is 1270. The van der Waals surface area contributed by atoms with Crippen LogP contribution in [0.5, 0.6) is 11.5 Å². The number of hydrogen-bond acceptors (Lipinski definition) is 12. The summed E-state index contributed by atoms with van der Waals surface area (Å²) in [5, 5.41) is 18.6. The third kappa shape index (κ3) is 5.16. The third-order valence-electron chi connectivity index (χ3n) is 5.10. The molecule has 0 amide bonds. The Hall–Kier alpha value is -4.59. The lowest BCUT2D eigenvalue weighted by Crippen LogP contribution is -2.37. The maximum Gasteiger partial charge on any atom is 0.282 e. The highest BCUT2D eigenvalue weighted by Gasteiger charge is 2.22. The second kappa shape index (κ2) is 9.72. The van der Waals surface area contributed by atoms with Crippen molar-refractivity contribution in [2.45, 2.75) is 0 Å². The number of nitrogens with one attached hydrogen (secondary N) is 2. The fourth-order valence-corrected chi connectivity index (χ4v) is 3.41. The number of anilines is 4. The summed E-state index contributed by atoms with van der Waals surface area (Å²) in [6.07, 6.45) is 1.27. The first kappa shape index (κ1) is 22.2. The van der Waals surface area contributed by atoms with Crippen LogP contribution in [-0.4, -0.2) is 59.2 Å². The van der Waals surface area contributed by atoms with Gasteiger partial charge in [0, 0.05) is 18.8 Å². The molecule has 0 aliphatic carbocycles. The van der Waals surface area contributed by atoms with Crippen molar-refractivity contribution in [1.82, 2.24) is 15.0 Å². The summed E-state index contributed by atoms with van der Waals surface area (Å²) >= 11 is 0. The van der Waals surface area contributed by atoms with Gasteiger partial charge < -0.3 is 24.4 Å². The molecule has 1 aromatic heterocycles.